The maximum Gasteiger partial charge on any atom is 0.239 e. The van der Waals surface area contributed by atoms with E-state index in [1.165, 1.54) is 16.7 Å². The molecule has 0 unspecified atom stereocenters. The van der Waals surface area contributed by atoms with Gasteiger partial charge in [0.15, 0.2) is 0 Å². The molecule has 4 nitrogen and oxygen atoms in total. The van der Waals surface area contributed by atoms with Gasteiger partial charge in [-0.2, -0.15) is 0 Å². The monoisotopic (exact) mass is 222 g/mol. The Morgan fingerprint density at radius 1 is 1.20 bits per heavy atom. The third-order valence-electron chi connectivity index (χ3n) is 2.14. The maximum atomic E-state index is 11.5. The molecule has 0 aromatic carbocycles. The van der Waals surface area contributed by atoms with Crippen LogP contribution in [0.3, 0.4) is 0 Å². The molecule has 15 heavy (non-hydrogen) atoms. The lowest BCUT2D eigenvalue weighted by atomic mass is 10.2. The van der Waals surface area contributed by atoms with Crippen LogP contribution >= 0.6 is 11.8 Å². The van der Waals surface area contributed by atoms with Gasteiger partial charge in [-0.05, 0) is 17.7 Å². The minimum absolute atomic E-state index is 0.104. The molecule has 1 fully saturated rings. The summed E-state index contributed by atoms with van der Waals surface area (Å²) in [5, 5.41) is 0. The van der Waals surface area contributed by atoms with Crippen LogP contribution in [0.5, 0.6) is 0 Å². The lowest BCUT2D eigenvalue weighted by molar-refractivity contribution is -0.142. The number of thioether (sulfide) groups is 1. The highest BCUT2D eigenvalue weighted by Crippen LogP contribution is 2.14. The average Bonchev–Trinajstić information content (AvgIpc) is 2.25. The molecule has 1 aromatic rings. The third-order valence-corrected chi connectivity index (χ3v) is 3.05. The van der Waals surface area contributed by atoms with Gasteiger partial charge in [-0.15, -0.1) is 11.8 Å². The van der Waals surface area contributed by atoms with E-state index in [9.17, 15) is 9.59 Å². The van der Waals surface area contributed by atoms with Crippen LogP contribution in [0.4, 0.5) is 0 Å². The van der Waals surface area contributed by atoms with E-state index in [1.54, 1.807) is 12.4 Å². The molecule has 1 saturated heterocycles. The van der Waals surface area contributed by atoms with E-state index >= 15 is 0 Å². The number of rotatable bonds is 2. The van der Waals surface area contributed by atoms with Crippen molar-refractivity contribution >= 4 is 23.6 Å². The molecule has 2 heterocycles. The standard InChI is InChI=1S/C10H10N2O2S/c13-9-6-15-7-10(14)12(9)5-8-1-3-11-4-2-8/h1-4H,5-7H2. The van der Waals surface area contributed by atoms with Gasteiger partial charge in [0.25, 0.3) is 0 Å². The van der Waals surface area contributed by atoms with Crippen LogP contribution in [0.2, 0.25) is 0 Å². The van der Waals surface area contributed by atoms with Crippen LogP contribution in [-0.4, -0.2) is 33.2 Å². The number of carbonyl (C=O) groups excluding carboxylic acids is 2. The number of aromatic nitrogens is 1. The highest BCUT2D eigenvalue weighted by molar-refractivity contribution is 8.00. The maximum absolute atomic E-state index is 11.5. The van der Waals surface area contributed by atoms with Crippen molar-refractivity contribution in [1.82, 2.24) is 9.88 Å². The van der Waals surface area contributed by atoms with Crippen molar-refractivity contribution in [3.05, 3.63) is 30.1 Å². The zero-order valence-corrected chi connectivity index (χ0v) is 8.87. The van der Waals surface area contributed by atoms with Gasteiger partial charge in [-0.3, -0.25) is 19.5 Å². The summed E-state index contributed by atoms with van der Waals surface area (Å²) in [5.74, 6) is 0.592. The van der Waals surface area contributed by atoms with E-state index in [2.05, 4.69) is 4.98 Å². The average molecular weight is 222 g/mol. The topological polar surface area (TPSA) is 50.3 Å². The molecule has 5 heteroatoms. The highest BCUT2D eigenvalue weighted by Gasteiger charge is 2.25. The number of nitrogens with zero attached hydrogens (tertiary/aromatic N) is 2. The predicted molar refractivity (Wildman–Crippen MR) is 57.1 cm³/mol. The second-order valence-corrected chi connectivity index (χ2v) is 4.21. The van der Waals surface area contributed by atoms with Crippen LogP contribution in [0.15, 0.2) is 24.5 Å². The summed E-state index contributed by atoms with van der Waals surface area (Å²) in [6, 6.07) is 3.62. The summed E-state index contributed by atoms with van der Waals surface area (Å²) in [6.45, 7) is 0.362. The van der Waals surface area contributed by atoms with Crippen LogP contribution in [0, 0.1) is 0 Å². The van der Waals surface area contributed by atoms with Gasteiger partial charge in [0, 0.05) is 12.4 Å². The Morgan fingerprint density at radius 2 is 1.80 bits per heavy atom. The van der Waals surface area contributed by atoms with Gasteiger partial charge in [0.05, 0.1) is 18.1 Å². The molecule has 78 valence electrons. The molecule has 0 N–H and O–H groups in total. The summed E-state index contributed by atoms with van der Waals surface area (Å²) in [5.41, 5.74) is 0.929. The summed E-state index contributed by atoms with van der Waals surface area (Å²) >= 11 is 1.37. The Hall–Kier alpha value is -1.36. The summed E-state index contributed by atoms with van der Waals surface area (Å²) < 4.78 is 0. The molecule has 0 bridgehead atoms. The second-order valence-electron chi connectivity index (χ2n) is 3.22. The van der Waals surface area contributed by atoms with Crippen molar-refractivity contribution in [3.63, 3.8) is 0 Å². The van der Waals surface area contributed by atoms with Gasteiger partial charge >= 0.3 is 0 Å². The van der Waals surface area contributed by atoms with E-state index < -0.39 is 0 Å². The number of hydrogen-bond donors (Lipinski definition) is 0. The molecule has 0 aliphatic carbocycles. The fourth-order valence-electron chi connectivity index (χ4n) is 1.37. The quantitative estimate of drug-likeness (QED) is 0.691. The number of pyridine rings is 1. The smallest absolute Gasteiger partial charge is 0.239 e. The summed E-state index contributed by atoms with van der Waals surface area (Å²) in [7, 11) is 0. The van der Waals surface area contributed by atoms with Crippen molar-refractivity contribution < 1.29 is 9.59 Å². The zero-order valence-electron chi connectivity index (χ0n) is 8.05. The minimum Gasteiger partial charge on any atom is -0.277 e. The number of hydrogen-bond acceptors (Lipinski definition) is 4. The summed E-state index contributed by atoms with van der Waals surface area (Å²) in [6.07, 6.45) is 3.31. The lowest BCUT2D eigenvalue weighted by Gasteiger charge is -2.24. The van der Waals surface area contributed by atoms with Crippen LogP contribution in [-0.2, 0) is 16.1 Å². The van der Waals surface area contributed by atoms with Crippen molar-refractivity contribution in [2.24, 2.45) is 0 Å². The van der Waals surface area contributed by atoms with E-state index in [0.717, 1.165) is 5.56 Å². The molecule has 0 saturated carbocycles. The normalized spacial score (nSPS) is 16.9. The predicted octanol–water partition coefficient (Wildman–Crippen LogP) is 0.684. The molecule has 0 atom stereocenters. The Morgan fingerprint density at radius 3 is 2.40 bits per heavy atom. The van der Waals surface area contributed by atoms with E-state index in [4.69, 9.17) is 0 Å². The third kappa shape index (κ3) is 2.36. The largest absolute Gasteiger partial charge is 0.277 e. The first-order valence-electron chi connectivity index (χ1n) is 4.57. The van der Waals surface area contributed by atoms with Gasteiger partial charge in [-0.25, -0.2) is 0 Å². The molecule has 1 aromatic heterocycles. The van der Waals surface area contributed by atoms with Crippen molar-refractivity contribution in [2.75, 3.05) is 11.5 Å². The molecule has 1 aliphatic heterocycles. The van der Waals surface area contributed by atoms with E-state index in [0.29, 0.717) is 18.1 Å². The first kappa shape index (κ1) is 10.2. The van der Waals surface area contributed by atoms with Gasteiger partial charge in [-0.1, -0.05) is 0 Å². The number of carbonyl (C=O) groups is 2. The minimum atomic E-state index is -0.104. The van der Waals surface area contributed by atoms with Crippen LogP contribution in [0.1, 0.15) is 5.56 Å². The first-order chi connectivity index (χ1) is 7.27. The molecule has 0 spiro atoms. The Balaban J connectivity index is 2.10. The highest BCUT2D eigenvalue weighted by atomic mass is 32.2. The molecule has 1 aliphatic rings. The van der Waals surface area contributed by atoms with Gasteiger partial charge in [0.2, 0.25) is 11.8 Å². The first-order valence-corrected chi connectivity index (χ1v) is 5.72. The fraction of sp³-hybridized carbons (Fsp3) is 0.300. The molecule has 2 amide bonds. The Bertz CT molecular complexity index is 364. The fourth-order valence-corrected chi connectivity index (χ4v) is 2.13. The van der Waals surface area contributed by atoms with Crippen LogP contribution < -0.4 is 0 Å². The molecular formula is C10H10N2O2S. The van der Waals surface area contributed by atoms with Gasteiger partial charge in [0.1, 0.15) is 0 Å². The summed E-state index contributed by atoms with van der Waals surface area (Å²) in [4.78, 5) is 28.2. The number of amides is 2. The second kappa shape index (κ2) is 4.44. The van der Waals surface area contributed by atoms with Crippen molar-refractivity contribution in [2.45, 2.75) is 6.54 Å². The molecular weight excluding hydrogens is 212 g/mol. The van der Waals surface area contributed by atoms with Gasteiger partial charge < -0.3 is 0 Å². The molecule has 2 rings (SSSR count). The Labute approximate surface area is 91.7 Å². The zero-order chi connectivity index (χ0) is 10.7. The SMILES string of the molecule is O=C1CSCC(=O)N1Cc1ccncc1. The van der Waals surface area contributed by atoms with E-state index in [1.807, 2.05) is 12.1 Å². The molecule has 0 radical (unpaired) electrons. The van der Waals surface area contributed by atoms with Crippen LogP contribution in [0.25, 0.3) is 0 Å². The van der Waals surface area contributed by atoms with Crippen molar-refractivity contribution in [1.29, 1.82) is 0 Å². The number of imide groups is 1. The lowest BCUT2D eigenvalue weighted by Crippen LogP contribution is -2.42. The van der Waals surface area contributed by atoms with E-state index in [-0.39, 0.29) is 11.8 Å². The Kier molecular flexibility index (Phi) is 3.01. The van der Waals surface area contributed by atoms with Crippen molar-refractivity contribution in [3.8, 4) is 0 Å².